The Kier molecular flexibility index (Phi) is 5.35. The monoisotopic (exact) mass is 330 g/mol. The second-order valence-electron chi connectivity index (χ2n) is 4.64. The number of hydrogen-bond acceptors (Lipinski definition) is 5. The minimum absolute atomic E-state index is 0.131. The van der Waals surface area contributed by atoms with Gasteiger partial charge < -0.3 is 4.74 Å². The summed E-state index contributed by atoms with van der Waals surface area (Å²) in [5.74, 6) is -1.12. The van der Waals surface area contributed by atoms with Crippen LogP contribution in [-0.4, -0.2) is 23.8 Å². The molecule has 0 fully saturated rings. The molecule has 0 aliphatic heterocycles. The van der Waals surface area contributed by atoms with Gasteiger partial charge in [-0.1, -0.05) is 18.2 Å². The lowest BCUT2D eigenvalue weighted by Crippen LogP contribution is -2.13. The third-order valence-corrected chi connectivity index (χ3v) is 3.95. The number of esters is 1. The van der Waals surface area contributed by atoms with E-state index in [1.165, 1.54) is 23.9 Å². The van der Waals surface area contributed by atoms with Crippen LogP contribution in [0.1, 0.15) is 28.5 Å². The summed E-state index contributed by atoms with van der Waals surface area (Å²) in [6, 6.07) is 8.09. The van der Waals surface area contributed by atoms with E-state index in [0.29, 0.717) is 10.7 Å². The van der Waals surface area contributed by atoms with Gasteiger partial charge in [-0.25, -0.2) is 14.2 Å². The normalized spacial score (nSPS) is 10.2. The summed E-state index contributed by atoms with van der Waals surface area (Å²) in [6.07, 6.45) is 1.78. The Labute approximate surface area is 138 Å². The smallest absolute Gasteiger partial charge is 0.340 e. The molecule has 23 heavy (non-hydrogen) atoms. The highest BCUT2D eigenvalue weighted by molar-refractivity contribution is 7.98. The van der Waals surface area contributed by atoms with Crippen LogP contribution in [0, 0.1) is 24.1 Å². The standard InChI is InChI=1S/C17H15FN2O2S/c1-4-22-17(21)14-10(2)20-16(23-3)12(9-19)15(14)11-7-5-6-8-13(11)18/h5-8H,4H2,1-3H3. The lowest BCUT2D eigenvalue weighted by atomic mass is 9.94. The maximum Gasteiger partial charge on any atom is 0.340 e. The molecule has 0 aliphatic carbocycles. The fourth-order valence-corrected chi connectivity index (χ4v) is 2.89. The number of carbonyl (C=O) groups excluding carboxylic acids is 1. The number of nitriles is 1. The first kappa shape index (κ1) is 17.0. The number of hydrogen-bond donors (Lipinski definition) is 0. The molecule has 0 spiro atoms. The number of carbonyl (C=O) groups is 1. The van der Waals surface area contributed by atoms with E-state index in [2.05, 4.69) is 4.98 Å². The van der Waals surface area contributed by atoms with Crippen LogP contribution in [0.15, 0.2) is 29.3 Å². The zero-order chi connectivity index (χ0) is 17.0. The quantitative estimate of drug-likeness (QED) is 0.627. The first-order chi connectivity index (χ1) is 11.0. The molecule has 4 nitrogen and oxygen atoms in total. The number of benzene rings is 1. The molecule has 6 heteroatoms. The van der Waals surface area contributed by atoms with Crippen LogP contribution in [0.4, 0.5) is 4.39 Å². The largest absolute Gasteiger partial charge is 0.462 e. The van der Waals surface area contributed by atoms with E-state index in [-0.39, 0.29) is 28.9 Å². The van der Waals surface area contributed by atoms with Gasteiger partial charge in [-0.2, -0.15) is 5.26 Å². The predicted molar refractivity (Wildman–Crippen MR) is 86.8 cm³/mol. The molecule has 118 valence electrons. The molecule has 0 saturated carbocycles. The molecule has 0 atom stereocenters. The summed E-state index contributed by atoms with van der Waals surface area (Å²) in [4.78, 5) is 16.6. The Morgan fingerprint density at radius 3 is 2.70 bits per heavy atom. The summed E-state index contributed by atoms with van der Waals surface area (Å²) < 4.78 is 19.4. The predicted octanol–water partition coefficient (Wildman–Crippen LogP) is 3.97. The first-order valence-corrected chi connectivity index (χ1v) is 8.18. The Morgan fingerprint density at radius 2 is 2.13 bits per heavy atom. The van der Waals surface area contributed by atoms with Crippen molar-refractivity contribution in [2.24, 2.45) is 0 Å². The van der Waals surface area contributed by atoms with Crippen molar-refractivity contribution in [1.29, 1.82) is 5.26 Å². The van der Waals surface area contributed by atoms with Gasteiger partial charge >= 0.3 is 5.97 Å². The number of ether oxygens (including phenoxy) is 1. The fourth-order valence-electron chi connectivity index (χ4n) is 2.31. The fraction of sp³-hybridized carbons (Fsp3) is 0.235. The van der Waals surface area contributed by atoms with Crippen molar-refractivity contribution in [3.63, 3.8) is 0 Å². The van der Waals surface area contributed by atoms with Crippen LogP contribution in [-0.2, 0) is 4.74 Å². The zero-order valence-electron chi connectivity index (χ0n) is 13.0. The van der Waals surface area contributed by atoms with Crippen molar-refractivity contribution >= 4 is 17.7 Å². The molecule has 0 unspecified atom stereocenters. The molecular weight excluding hydrogens is 315 g/mol. The number of aryl methyl sites for hydroxylation is 1. The van der Waals surface area contributed by atoms with E-state index in [1.54, 1.807) is 32.2 Å². The van der Waals surface area contributed by atoms with Crippen LogP contribution >= 0.6 is 11.8 Å². The average Bonchev–Trinajstić information content (AvgIpc) is 2.54. The van der Waals surface area contributed by atoms with Gasteiger partial charge in [0.2, 0.25) is 0 Å². The Bertz CT molecular complexity index is 800. The molecule has 0 aliphatic rings. The highest BCUT2D eigenvalue weighted by atomic mass is 32.2. The minimum Gasteiger partial charge on any atom is -0.462 e. The van der Waals surface area contributed by atoms with E-state index in [9.17, 15) is 14.4 Å². The lowest BCUT2D eigenvalue weighted by Gasteiger charge is -2.16. The van der Waals surface area contributed by atoms with E-state index in [0.717, 1.165) is 0 Å². The second-order valence-corrected chi connectivity index (χ2v) is 5.44. The first-order valence-electron chi connectivity index (χ1n) is 6.95. The molecule has 0 amide bonds. The highest BCUT2D eigenvalue weighted by Gasteiger charge is 2.26. The molecule has 0 saturated heterocycles. The minimum atomic E-state index is -0.611. The number of rotatable bonds is 4. The van der Waals surface area contributed by atoms with E-state index in [4.69, 9.17) is 4.74 Å². The lowest BCUT2D eigenvalue weighted by molar-refractivity contribution is 0.0525. The Hall–Kier alpha value is -2.39. The maximum absolute atomic E-state index is 14.3. The van der Waals surface area contributed by atoms with Gasteiger partial charge in [-0.15, -0.1) is 11.8 Å². The molecule has 1 aromatic heterocycles. The van der Waals surface area contributed by atoms with Crippen LogP contribution in [0.2, 0.25) is 0 Å². The van der Waals surface area contributed by atoms with Crippen molar-refractivity contribution in [3.05, 3.63) is 46.9 Å². The Balaban J connectivity index is 2.90. The maximum atomic E-state index is 14.3. The molecule has 1 heterocycles. The van der Waals surface area contributed by atoms with Gasteiger partial charge in [0.1, 0.15) is 16.9 Å². The molecule has 0 N–H and O–H groups in total. The van der Waals surface area contributed by atoms with Crippen LogP contribution in [0.5, 0.6) is 0 Å². The van der Waals surface area contributed by atoms with Gasteiger partial charge in [0.25, 0.3) is 0 Å². The van der Waals surface area contributed by atoms with Crippen LogP contribution < -0.4 is 0 Å². The number of nitrogens with zero attached hydrogens (tertiary/aromatic N) is 2. The summed E-state index contributed by atoms with van der Waals surface area (Å²) >= 11 is 1.27. The molecular formula is C17H15FN2O2S. The van der Waals surface area contributed by atoms with Crippen LogP contribution in [0.25, 0.3) is 11.1 Å². The summed E-state index contributed by atoms with van der Waals surface area (Å²) in [6.45, 7) is 3.52. The van der Waals surface area contributed by atoms with E-state index >= 15 is 0 Å². The molecule has 2 rings (SSSR count). The molecule has 0 radical (unpaired) electrons. The molecule has 2 aromatic rings. The Morgan fingerprint density at radius 1 is 1.43 bits per heavy atom. The summed E-state index contributed by atoms with van der Waals surface area (Å²) in [7, 11) is 0. The second kappa shape index (κ2) is 7.25. The van der Waals surface area contributed by atoms with Crippen molar-refractivity contribution in [2.45, 2.75) is 18.9 Å². The zero-order valence-corrected chi connectivity index (χ0v) is 13.8. The van der Waals surface area contributed by atoms with Gasteiger partial charge in [-0.3, -0.25) is 0 Å². The van der Waals surface area contributed by atoms with Crippen molar-refractivity contribution in [1.82, 2.24) is 4.98 Å². The van der Waals surface area contributed by atoms with Crippen molar-refractivity contribution in [3.8, 4) is 17.2 Å². The van der Waals surface area contributed by atoms with Gasteiger partial charge in [-0.05, 0) is 26.2 Å². The number of pyridine rings is 1. The molecule has 0 bridgehead atoms. The van der Waals surface area contributed by atoms with Crippen LogP contribution in [0.3, 0.4) is 0 Å². The van der Waals surface area contributed by atoms with Crippen molar-refractivity contribution in [2.75, 3.05) is 12.9 Å². The van der Waals surface area contributed by atoms with Gasteiger partial charge in [0.05, 0.1) is 23.4 Å². The van der Waals surface area contributed by atoms with Gasteiger partial charge in [0, 0.05) is 11.1 Å². The van der Waals surface area contributed by atoms with E-state index < -0.39 is 11.8 Å². The van der Waals surface area contributed by atoms with E-state index in [1.807, 2.05) is 6.07 Å². The topological polar surface area (TPSA) is 63.0 Å². The third kappa shape index (κ3) is 3.20. The van der Waals surface area contributed by atoms with Crippen molar-refractivity contribution < 1.29 is 13.9 Å². The third-order valence-electron chi connectivity index (χ3n) is 3.27. The number of halogens is 1. The highest BCUT2D eigenvalue weighted by Crippen LogP contribution is 2.35. The summed E-state index contributed by atoms with van der Waals surface area (Å²) in [5, 5.41) is 9.99. The molecule has 1 aromatic carbocycles. The average molecular weight is 330 g/mol. The SMILES string of the molecule is CCOC(=O)c1c(C)nc(SC)c(C#N)c1-c1ccccc1F. The number of thioether (sulfide) groups is 1. The number of aromatic nitrogens is 1. The van der Waals surface area contributed by atoms with Gasteiger partial charge in [0.15, 0.2) is 0 Å². The summed E-state index contributed by atoms with van der Waals surface area (Å²) in [5.41, 5.74) is 1.14.